The summed E-state index contributed by atoms with van der Waals surface area (Å²) in [6.45, 7) is 0. The molecule has 1 N–H and O–H groups in total. The fourth-order valence-corrected chi connectivity index (χ4v) is 9.96. The highest BCUT2D eigenvalue weighted by molar-refractivity contribution is 7.25. The summed E-state index contributed by atoms with van der Waals surface area (Å²) < 4.78 is 7.37. The Morgan fingerprint density at radius 1 is 0.439 bits per heavy atom. The average Bonchev–Trinajstić information content (AvgIpc) is 3.94. The Kier molecular flexibility index (Phi) is 7.09. The van der Waals surface area contributed by atoms with Gasteiger partial charge in [0.15, 0.2) is 5.84 Å². The van der Waals surface area contributed by atoms with Gasteiger partial charge in [-0.15, -0.1) is 11.3 Å². The van der Waals surface area contributed by atoms with Crippen LogP contribution in [0.15, 0.2) is 198 Å². The molecule has 8 aromatic carbocycles. The second-order valence-corrected chi connectivity index (χ2v) is 15.7. The van der Waals surface area contributed by atoms with E-state index < -0.39 is 0 Å². The van der Waals surface area contributed by atoms with Crippen molar-refractivity contribution in [2.45, 2.75) is 6.17 Å². The number of nitrogens with one attached hydrogen (secondary N) is 1. The molecular formula is C51H33N5S. The van der Waals surface area contributed by atoms with Crippen LogP contribution in [0.4, 0.5) is 0 Å². The molecule has 11 aromatic rings. The molecule has 1 atom stereocenters. The predicted molar refractivity (Wildman–Crippen MR) is 240 cm³/mol. The monoisotopic (exact) mass is 747 g/mol. The number of hydrogen-bond donors (Lipinski definition) is 1. The summed E-state index contributed by atoms with van der Waals surface area (Å²) >= 11 is 1.83. The maximum Gasteiger partial charge on any atom is 0.159 e. The quantitative estimate of drug-likeness (QED) is 0.187. The third kappa shape index (κ3) is 5.01. The molecule has 12 rings (SSSR count). The molecule has 0 fully saturated rings. The van der Waals surface area contributed by atoms with Gasteiger partial charge in [-0.05, 0) is 48.0 Å². The number of aromatic nitrogens is 2. The van der Waals surface area contributed by atoms with Crippen LogP contribution in [0.3, 0.4) is 0 Å². The number of benzene rings is 8. The van der Waals surface area contributed by atoms with Gasteiger partial charge in [-0.2, -0.15) is 0 Å². The fraction of sp³-hybridized carbons (Fsp3) is 0.0196. The lowest BCUT2D eigenvalue weighted by Crippen LogP contribution is -2.33. The highest BCUT2D eigenvalue weighted by Crippen LogP contribution is 2.43. The summed E-state index contributed by atoms with van der Waals surface area (Å²) in [5.41, 5.74) is 10.2. The van der Waals surface area contributed by atoms with Crippen molar-refractivity contribution < 1.29 is 0 Å². The molecule has 1 unspecified atom stereocenters. The number of para-hydroxylation sites is 3. The summed E-state index contributed by atoms with van der Waals surface area (Å²) in [5, 5.41) is 11.0. The van der Waals surface area contributed by atoms with Crippen LogP contribution in [0.2, 0.25) is 0 Å². The highest BCUT2D eigenvalue weighted by atomic mass is 32.1. The topological polar surface area (TPSA) is 46.6 Å². The van der Waals surface area contributed by atoms with E-state index in [1.54, 1.807) is 0 Å². The van der Waals surface area contributed by atoms with E-state index in [-0.39, 0.29) is 6.17 Å². The first-order valence-electron chi connectivity index (χ1n) is 19.3. The van der Waals surface area contributed by atoms with E-state index >= 15 is 0 Å². The predicted octanol–water partition coefficient (Wildman–Crippen LogP) is 12.7. The van der Waals surface area contributed by atoms with Gasteiger partial charge in [0.2, 0.25) is 0 Å². The second-order valence-electron chi connectivity index (χ2n) is 14.6. The first-order chi connectivity index (χ1) is 28.3. The minimum absolute atomic E-state index is 0.243. The van der Waals surface area contributed by atoms with Crippen LogP contribution >= 0.6 is 11.3 Å². The van der Waals surface area contributed by atoms with E-state index in [0.29, 0.717) is 0 Å². The number of hydrogen-bond acceptors (Lipinski definition) is 4. The van der Waals surface area contributed by atoms with Crippen molar-refractivity contribution in [3.8, 4) is 11.4 Å². The molecule has 0 saturated carbocycles. The normalized spacial score (nSPS) is 14.5. The van der Waals surface area contributed by atoms with Crippen LogP contribution in [0.1, 0.15) is 22.9 Å². The molecule has 0 aliphatic carbocycles. The van der Waals surface area contributed by atoms with Crippen molar-refractivity contribution in [1.82, 2.24) is 14.5 Å². The zero-order chi connectivity index (χ0) is 37.5. The maximum atomic E-state index is 5.15. The minimum atomic E-state index is -0.243. The summed E-state index contributed by atoms with van der Waals surface area (Å²) in [7, 11) is 0. The SMILES string of the molecule is c1ccc(C2=NC(c3ccc4c(c3)sc3cc(-n5c6ccccc6c6ccc7c8ccccc8n(-c8ccccc8)c7c65)ccc34)=NC(c3ccccc3)N2)cc1. The number of aliphatic imine (C=N–C) groups is 2. The zero-order valence-corrected chi connectivity index (χ0v) is 31.5. The Labute approximate surface area is 332 Å². The summed E-state index contributed by atoms with van der Waals surface area (Å²) in [4.78, 5) is 10.2. The molecule has 57 heavy (non-hydrogen) atoms. The fourth-order valence-electron chi connectivity index (χ4n) is 8.79. The molecule has 0 amide bonds. The Morgan fingerprint density at radius 2 is 0.982 bits per heavy atom. The van der Waals surface area contributed by atoms with Crippen molar-refractivity contribution in [1.29, 1.82) is 0 Å². The van der Waals surface area contributed by atoms with Crippen LogP contribution in [-0.2, 0) is 0 Å². The van der Waals surface area contributed by atoms with Crippen LogP contribution in [0.25, 0.3) is 75.2 Å². The van der Waals surface area contributed by atoms with Gasteiger partial charge in [0.1, 0.15) is 12.0 Å². The van der Waals surface area contributed by atoms with Crippen molar-refractivity contribution in [2.24, 2.45) is 9.98 Å². The molecule has 0 spiro atoms. The van der Waals surface area contributed by atoms with Crippen molar-refractivity contribution in [3.05, 3.63) is 205 Å². The molecule has 3 aromatic heterocycles. The Morgan fingerprint density at radius 3 is 1.67 bits per heavy atom. The molecule has 1 aliphatic heterocycles. The van der Waals surface area contributed by atoms with Crippen molar-refractivity contribution in [2.75, 3.05) is 0 Å². The van der Waals surface area contributed by atoms with E-state index in [9.17, 15) is 0 Å². The lowest BCUT2D eigenvalue weighted by molar-refractivity contribution is 0.674. The van der Waals surface area contributed by atoms with E-state index in [2.05, 4.69) is 178 Å². The average molecular weight is 748 g/mol. The molecular weight excluding hydrogens is 715 g/mol. The first-order valence-corrected chi connectivity index (χ1v) is 20.1. The van der Waals surface area contributed by atoms with Gasteiger partial charge in [-0.3, -0.25) is 0 Å². The van der Waals surface area contributed by atoms with Crippen molar-refractivity contribution in [3.63, 3.8) is 0 Å². The lowest BCUT2D eigenvalue weighted by atomic mass is 10.1. The van der Waals surface area contributed by atoms with Gasteiger partial charge >= 0.3 is 0 Å². The molecule has 6 heteroatoms. The van der Waals surface area contributed by atoms with Crippen LogP contribution in [0, 0.1) is 0 Å². The minimum Gasteiger partial charge on any atom is -0.344 e. The third-order valence-corrected chi connectivity index (χ3v) is 12.5. The standard InChI is InChI=1S/C51H33N5S/c1-4-14-32(15-5-1)49-52-50(33-16-6-2-7-17-33)54-51(53-49)34-24-26-39-40-27-25-36(31-46(40)57-45(39)30-34)56-44-23-13-11-21-38(44)42-29-28-41-37-20-10-12-22-43(37)55(47(41)48(42)56)35-18-8-3-9-19-35/h1-31,49H,(H,52,53,54). The lowest BCUT2D eigenvalue weighted by Gasteiger charge is -2.23. The second kappa shape index (κ2) is 12.6. The number of rotatable bonds is 5. The number of amidine groups is 2. The summed E-state index contributed by atoms with van der Waals surface area (Å²) in [5.74, 6) is 1.55. The number of fused-ring (bicyclic) bond motifs is 10. The van der Waals surface area contributed by atoms with Gasteiger partial charge in [-0.1, -0.05) is 146 Å². The molecule has 268 valence electrons. The number of thiophene rings is 1. The summed E-state index contributed by atoms with van der Waals surface area (Å²) in [6.07, 6.45) is -0.243. The molecule has 1 aliphatic rings. The maximum absolute atomic E-state index is 5.15. The zero-order valence-electron chi connectivity index (χ0n) is 30.7. The molecule has 4 heterocycles. The van der Waals surface area contributed by atoms with Gasteiger partial charge in [0.25, 0.3) is 0 Å². The van der Waals surface area contributed by atoms with Crippen LogP contribution in [-0.4, -0.2) is 20.8 Å². The Hall–Kier alpha value is -7.28. The van der Waals surface area contributed by atoms with E-state index in [4.69, 9.17) is 9.98 Å². The summed E-state index contributed by atoms with van der Waals surface area (Å²) in [6, 6.07) is 67.3. The van der Waals surface area contributed by atoms with Crippen molar-refractivity contribution >= 4 is 86.8 Å². The van der Waals surface area contributed by atoms with E-state index in [0.717, 1.165) is 39.7 Å². The van der Waals surface area contributed by atoms with Crippen LogP contribution in [0.5, 0.6) is 0 Å². The van der Waals surface area contributed by atoms with E-state index in [1.807, 2.05) is 35.6 Å². The third-order valence-electron chi connectivity index (χ3n) is 11.4. The van der Waals surface area contributed by atoms with E-state index in [1.165, 1.54) is 63.8 Å². The molecule has 5 nitrogen and oxygen atoms in total. The van der Waals surface area contributed by atoms with Gasteiger partial charge in [-0.25, -0.2) is 9.98 Å². The van der Waals surface area contributed by atoms with Crippen LogP contribution < -0.4 is 5.32 Å². The van der Waals surface area contributed by atoms with Gasteiger partial charge in [0, 0.05) is 64.2 Å². The highest BCUT2D eigenvalue weighted by Gasteiger charge is 2.23. The Balaban J connectivity index is 1.05. The number of nitrogens with zero attached hydrogens (tertiary/aromatic N) is 4. The first kappa shape index (κ1) is 32.0. The van der Waals surface area contributed by atoms with Gasteiger partial charge < -0.3 is 14.5 Å². The largest absolute Gasteiger partial charge is 0.344 e. The molecule has 0 saturated heterocycles. The van der Waals surface area contributed by atoms with Gasteiger partial charge in [0.05, 0.1) is 22.1 Å². The Bertz CT molecular complexity index is 3430. The molecule has 0 radical (unpaired) electrons. The molecule has 0 bridgehead atoms. The smallest absolute Gasteiger partial charge is 0.159 e.